The first-order valence-corrected chi connectivity index (χ1v) is 3.01. The second-order valence-electron chi connectivity index (χ2n) is 1.98. The summed E-state index contributed by atoms with van der Waals surface area (Å²) in [7, 11) is 0. The molecule has 0 unspecified atom stereocenters. The monoisotopic (exact) mass is 156 g/mol. The fourth-order valence-corrected chi connectivity index (χ4v) is 0.705. The third-order valence-corrected chi connectivity index (χ3v) is 1.23. The van der Waals surface area contributed by atoms with E-state index in [1.807, 2.05) is 0 Å². The summed E-state index contributed by atoms with van der Waals surface area (Å²) in [6.07, 6.45) is -2.06. The topological polar surface area (TPSA) is 20.2 Å². The second kappa shape index (κ2) is 3.14. The van der Waals surface area contributed by atoms with Crippen LogP contribution in [0.2, 0.25) is 0 Å². The van der Waals surface area contributed by atoms with Gasteiger partial charge in [0.15, 0.2) is 5.76 Å². The zero-order valence-corrected chi connectivity index (χ0v) is 5.59. The molecule has 0 saturated carbocycles. The third-order valence-electron chi connectivity index (χ3n) is 1.23. The lowest BCUT2D eigenvalue weighted by Crippen LogP contribution is -1.82. The number of hydrogen-bond acceptors (Lipinski definition) is 1. The Morgan fingerprint density at radius 3 is 2.09 bits per heavy atom. The number of benzene rings is 1. The minimum absolute atomic E-state index is 0.132. The van der Waals surface area contributed by atoms with E-state index in [1.54, 1.807) is 18.2 Å². The number of rotatable bonds is 1. The molecule has 0 amide bonds. The van der Waals surface area contributed by atoms with Crippen molar-refractivity contribution in [2.24, 2.45) is 0 Å². The average molecular weight is 156 g/mol. The van der Waals surface area contributed by atoms with Crippen molar-refractivity contribution in [1.29, 1.82) is 0 Å². The van der Waals surface area contributed by atoms with E-state index in [1.165, 1.54) is 12.1 Å². The highest BCUT2D eigenvalue weighted by Crippen LogP contribution is 2.16. The van der Waals surface area contributed by atoms with E-state index in [4.69, 9.17) is 5.11 Å². The van der Waals surface area contributed by atoms with Gasteiger partial charge in [-0.25, -0.2) is 0 Å². The summed E-state index contributed by atoms with van der Waals surface area (Å²) in [5.41, 5.74) is 0.132. The molecule has 58 valence electrons. The minimum Gasteiger partial charge on any atom is -0.503 e. The predicted octanol–water partition coefficient (Wildman–Crippen LogP) is 2.81. The molecule has 1 rings (SSSR count). The Labute approximate surface area is 62.6 Å². The van der Waals surface area contributed by atoms with Crippen LogP contribution in [0.1, 0.15) is 5.56 Å². The van der Waals surface area contributed by atoms with E-state index >= 15 is 0 Å². The van der Waals surface area contributed by atoms with Crippen molar-refractivity contribution in [1.82, 2.24) is 0 Å². The van der Waals surface area contributed by atoms with E-state index in [-0.39, 0.29) is 5.56 Å². The molecule has 1 aromatic rings. The van der Waals surface area contributed by atoms with Gasteiger partial charge in [0.2, 0.25) is 0 Å². The molecule has 0 atom stereocenters. The fourth-order valence-electron chi connectivity index (χ4n) is 0.705. The lowest BCUT2D eigenvalue weighted by Gasteiger charge is -1.95. The lowest BCUT2D eigenvalue weighted by molar-refractivity contribution is 0.380. The molecule has 0 aliphatic carbocycles. The van der Waals surface area contributed by atoms with Crippen molar-refractivity contribution in [2.45, 2.75) is 0 Å². The van der Waals surface area contributed by atoms with E-state index in [0.29, 0.717) is 0 Å². The highest BCUT2D eigenvalue weighted by Gasteiger charge is 2.04. The summed E-state index contributed by atoms with van der Waals surface area (Å²) in [5, 5.41) is 8.73. The highest BCUT2D eigenvalue weighted by atomic mass is 19.3. The van der Waals surface area contributed by atoms with Gasteiger partial charge in [0.1, 0.15) is 0 Å². The summed E-state index contributed by atoms with van der Waals surface area (Å²) in [6.45, 7) is 0. The largest absolute Gasteiger partial charge is 0.503 e. The Morgan fingerprint density at radius 2 is 1.64 bits per heavy atom. The van der Waals surface area contributed by atoms with Gasteiger partial charge in [0, 0.05) is 5.56 Å². The van der Waals surface area contributed by atoms with Crippen LogP contribution in [0.3, 0.4) is 0 Å². The molecule has 0 spiro atoms. The first-order chi connectivity index (χ1) is 5.22. The van der Waals surface area contributed by atoms with Crippen LogP contribution in [0.5, 0.6) is 0 Å². The smallest absolute Gasteiger partial charge is 0.312 e. The van der Waals surface area contributed by atoms with E-state index in [0.717, 1.165) is 0 Å². The molecule has 0 radical (unpaired) electrons. The van der Waals surface area contributed by atoms with Crippen molar-refractivity contribution in [3.63, 3.8) is 0 Å². The van der Waals surface area contributed by atoms with Crippen LogP contribution in [0.15, 0.2) is 36.4 Å². The zero-order chi connectivity index (χ0) is 8.27. The van der Waals surface area contributed by atoms with Gasteiger partial charge in [-0.3, -0.25) is 0 Å². The summed E-state index contributed by atoms with van der Waals surface area (Å²) >= 11 is 0. The summed E-state index contributed by atoms with van der Waals surface area (Å²) in [4.78, 5) is 0. The van der Waals surface area contributed by atoms with Crippen LogP contribution in [0, 0.1) is 0 Å². The van der Waals surface area contributed by atoms with Gasteiger partial charge in [0.25, 0.3) is 0 Å². The van der Waals surface area contributed by atoms with Crippen LogP contribution >= 0.6 is 0 Å². The van der Waals surface area contributed by atoms with Crippen molar-refractivity contribution >= 4 is 5.76 Å². The minimum atomic E-state index is -2.06. The van der Waals surface area contributed by atoms with Gasteiger partial charge in [-0.1, -0.05) is 30.3 Å². The van der Waals surface area contributed by atoms with Gasteiger partial charge < -0.3 is 5.11 Å². The van der Waals surface area contributed by atoms with Crippen LogP contribution in [-0.4, -0.2) is 5.11 Å². The van der Waals surface area contributed by atoms with Crippen molar-refractivity contribution in [3.8, 4) is 0 Å². The van der Waals surface area contributed by atoms with Crippen LogP contribution in [-0.2, 0) is 0 Å². The molecule has 0 aliphatic heterocycles. The Kier molecular flexibility index (Phi) is 2.21. The summed E-state index contributed by atoms with van der Waals surface area (Å²) in [5.74, 6) is -0.953. The van der Waals surface area contributed by atoms with Crippen molar-refractivity contribution in [2.75, 3.05) is 0 Å². The maximum absolute atomic E-state index is 11.7. The molecule has 3 heteroatoms. The molecule has 0 saturated heterocycles. The van der Waals surface area contributed by atoms with Crippen LogP contribution < -0.4 is 0 Å². The van der Waals surface area contributed by atoms with Crippen molar-refractivity contribution in [3.05, 3.63) is 42.0 Å². The lowest BCUT2D eigenvalue weighted by atomic mass is 10.2. The summed E-state index contributed by atoms with van der Waals surface area (Å²) < 4.78 is 23.5. The highest BCUT2D eigenvalue weighted by molar-refractivity contribution is 5.58. The van der Waals surface area contributed by atoms with E-state index < -0.39 is 11.8 Å². The number of hydrogen-bond donors (Lipinski definition) is 1. The summed E-state index contributed by atoms with van der Waals surface area (Å²) in [6, 6.07) is 7.67. The van der Waals surface area contributed by atoms with Crippen LogP contribution in [0.4, 0.5) is 8.78 Å². The van der Waals surface area contributed by atoms with E-state index in [2.05, 4.69) is 0 Å². The first-order valence-electron chi connectivity index (χ1n) is 3.01. The van der Waals surface area contributed by atoms with E-state index in [9.17, 15) is 8.78 Å². The van der Waals surface area contributed by atoms with Gasteiger partial charge in [0.05, 0.1) is 0 Å². The predicted molar refractivity (Wildman–Crippen MR) is 38.2 cm³/mol. The molecule has 1 nitrogen and oxygen atoms in total. The third kappa shape index (κ3) is 1.77. The molecule has 0 fully saturated rings. The number of halogens is 2. The van der Waals surface area contributed by atoms with Crippen LogP contribution in [0.25, 0.3) is 5.76 Å². The average Bonchev–Trinajstić information content (AvgIpc) is 2.05. The van der Waals surface area contributed by atoms with Crippen molar-refractivity contribution < 1.29 is 13.9 Å². The number of aliphatic hydroxyl groups excluding tert-OH is 1. The molecular weight excluding hydrogens is 150 g/mol. The Bertz CT molecular complexity index is 263. The molecular formula is C8H6F2O. The van der Waals surface area contributed by atoms with Gasteiger partial charge in [-0.15, -0.1) is 0 Å². The molecule has 0 bridgehead atoms. The SMILES string of the molecule is OC(=C(F)F)c1ccccc1. The molecule has 0 aliphatic rings. The number of aliphatic hydroxyl groups is 1. The van der Waals surface area contributed by atoms with Gasteiger partial charge in [-0.2, -0.15) is 8.78 Å². The molecule has 11 heavy (non-hydrogen) atoms. The molecule has 1 aromatic carbocycles. The molecule has 1 N–H and O–H groups in total. The Morgan fingerprint density at radius 1 is 1.09 bits per heavy atom. The Balaban J connectivity index is 3.04. The van der Waals surface area contributed by atoms with Gasteiger partial charge >= 0.3 is 6.08 Å². The van der Waals surface area contributed by atoms with Gasteiger partial charge in [-0.05, 0) is 0 Å². The zero-order valence-electron chi connectivity index (χ0n) is 5.59. The first kappa shape index (κ1) is 7.72. The fraction of sp³-hybridized carbons (Fsp3) is 0. The normalized spacial score (nSPS) is 9.27. The maximum Gasteiger partial charge on any atom is 0.312 e. The maximum atomic E-state index is 11.7. The Hall–Kier alpha value is -1.38. The second-order valence-corrected chi connectivity index (χ2v) is 1.98. The molecule has 0 heterocycles. The standard InChI is InChI=1S/C8H6F2O/c9-8(10)7(11)6-4-2-1-3-5-6/h1-5,11H. The molecule has 0 aromatic heterocycles. The quantitative estimate of drug-likeness (QED) is 0.620.